The van der Waals surface area contributed by atoms with Crippen LogP contribution < -0.4 is 0 Å². The van der Waals surface area contributed by atoms with Gasteiger partial charge in [-0.25, -0.2) is 0 Å². The molecule has 2 aromatic carbocycles. The Labute approximate surface area is 171 Å². The van der Waals surface area contributed by atoms with E-state index >= 15 is 0 Å². The van der Waals surface area contributed by atoms with Crippen molar-refractivity contribution in [3.05, 3.63) is 100 Å². The van der Waals surface area contributed by atoms with Crippen LogP contribution in [-0.4, -0.2) is 10.7 Å². The predicted octanol–water partition coefficient (Wildman–Crippen LogP) is 6.03. The number of alkyl halides is 3. The van der Waals surface area contributed by atoms with Gasteiger partial charge in [-0.05, 0) is 13.0 Å². The molecule has 3 nitrogen and oxygen atoms in total. The molecule has 0 aliphatic rings. The summed E-state index contributed by atoms with van der Waals surface area (Å²) in [5, 5.41) is 9.59. The molecule has 0 bridgehead atoms. The summed E-state index contributed by atoms with van der Waals surface area (Å²) in [7, 11) is 0. The molecule has 1 heterocycles. The SMILES string of the molecule is CC(C#N)(N=C(c1ccccc1)c1ccccc1)c1ncc(C(F)(F)F)cc1Cl. The van der Waals surface area contributed by atoms with Crippen LogP contribution in [-0.2, 0) is 11.7 Å². The van der Waals surface area contributed by atoms with Crippen LogP contribution in [0.2, 0.25) is 5.02 Å². The molecule has 3 aromatic rings. The minimum atomic E-state index is -4.58. The second-order valence-corrected chi connectivity index (χ2v) is 6.84. The van der Waals surface area contributed by atoms with Gasteiger partial charge in [0.2, 0.25) is 0 Å². The lowest BCUT2D eigenvalue weighted by molar-refractivity contribution is -0.137. The molecule has 0 amide bonds. The molecule has 0 fully saturated rings. The molecule has 3 rings (SSSR count). The number of pyridine rings is 1. The van der Waals surface area contributed by atoms with Gasteiger partial charge in [0.1, 0.15) is 5.69 Å². The maximum Gasteiger partial charge on any atom is 0.417 e. The molecule has 0 aliphatic carbocycles. The van der Waals surface area contributed by atoms with E-state index in [4.69, 9.17) is 11.6 Å². The Bertz CT molecular complexity index is 1030. The van der Waals surface area contributed by atoms with E-state index in [0.29, 0.717) is 11.9 Å². The number of nitriles is 1. The maximum absolute atomic E-state index is 12.9. The molecule has 29 heavy (non-hydrogen) atoms. The lowest BCUT2D eigenvalue weighted by Crippen LogP contribution is -2.23. The highest BCUT2D eigenvalue weighted by molar-refractivity contribution is 6.31. The number of aliphatic imine (C=N–C) groups is 1. The van der Waals surface area contributed by atoms with E-state index in [0.717, 1.165) is 17.2 Å². The molecular formula is C22H15ClF3N3. The number of halogens is 4. The summed E-state index contributed by atoms with van der Waals surface area (Å²) in [6.45, 7) is 1.47. The minimum Gasteiger partial charge on any atom is -0.256 e. The van der Waals surface area contributed by atoms with Crippen LogP contribution in [0.3, 0.4) is 0 Å². The molecule has 1 aromatic heterocycles. The lowest BCUT2D eigenvalue weighted by Gasteiger charge is -2.21. The topological polar surface area (TPSA) is 49.0 Å². The van der Waals surface area contributed by atoms with E-state index < -0.39 is 17.3 Å². The fourth-order valence-electron chi connectivity index (χ4n) is 2.79. The number of hydrogen-bond donors (Lipinski definition) is 0. The molecule has 0 saturated heterocycles. The van der Waals surface area contributed by atoms with Crippen molar-refractivity contribution in [3.8, 4) is 6.07 Å². The third-order valence-electron chi connectivity index (χ3n) is 4.28. The van der Waals surface area contributed by atoms with Crippen LogP contribution >= 0.6 is 11.6 Å². The summed E-state index contributed by atoms with van der Waals surface area (Å²) < 4.78 is 38.8. The molecule has 146 valence electrons. The summed E-state index contributed by atoms with van der Waals surface area (Å²) >= 11 is 6.09. The summed E-state index contributed by atoms with van der Waals surface area (Å²) in [6.07, 6.45) is -3.92. The highest BCUT2D eigenvalue weighted by atomic mass is 35.5. The van der Waals surface area contributed by atoms with Crippen molar-refractivity contribution in [2.24, 2.45) is 4.99 Å². The van der Waals surface area contributed by atoms with E-state index in [1.165, 1.54) is 6.92 Å². The van der Waals surface area contributed by atoms with E-state index in [9.17, 15) is 18.4 Å². The third-order valence-corrected chi connectivity index (χ3v) is 4.57. The number of rotatable bonds is 4. The van der Waals surface area contributed by atoms with Crippen LogP contribution in [0.15, 0.2) is 77.9 Å². The average molecular weight is 414 g/mol. The van der Waals surface area contributed by atoms with Crippen molar-refractivity contribution < 1.29 is 13.2 Å². The maximum atomic E-state index is 12.9. The van der Waals surface area contributed by atoms with Crippen LogP contribution in [0, 0.1) is 11.3 Å². The first-order valence-electron chi connectivity index (χ1n) is 8.60. The van der Waals surface area contributed by atoms with Crippen LogP contribution in [0.25, 0.3) is 0 Å². The van der Waals surface area contributed by atoms with Crippen LogP contribution in [0.1, 0.15) is 29.3 Å². The van der Waals surface area contributed by atoms with Crippen molar-refractivity contribution in [1.82, 2.24) is 4.98 Å². The van der Waals surface area contributed by atoms with Gasteiger partial charge in [0.25, 0.3) is 0 Å². The van der Waals surface area contributed by atoms with Gasteiger partial charge < -0.3 is 0 Å². The van der Waals surface area contributed by atoms with E-state index in [1.807, 2.05) is 66.7 Å². The number of nitrogens with zero attached hydrogens (tertiary/aromatic N) is 3. The van der Waals surface area contributed by atoms with Gasteiger partial charge in [-0.1, -0.05) is 72.3 Å². The Morgan fingerprint density at radius 3 is 1.93 bits per heavy atom. The fourth-order valence-corrected chi connectivity index (χ4v) is 3.14. The molecular weight excluding hydrogens is 399 g/mol. The molecule has 0 aliphatic heterocycles. The first-order valence-corrected chi connectivity index (χ1v) is 8.97. The standard InChI is InChI=1S/C22H15ClF3N3/c1-21(14-27,20-18(23)12-17(13-28-20)22(24,25)26)29-19(15-8-4-2-5-9-15)16-10-6-3-7-11-16/h2-13H,1H3. The predicted molar refractivity (Wildman–Crippen MR) is 106 cm³/mol. The Kier molecular flexibility index (Phi) is 5.71. The Morgan fingerprint density at radius 1 is 1.00 bits per heavy atom. The third kappa shape index (κ3) is 4.47. The monoisotopic (exact) mass is 413 g/mol. The zero-order chi connectivity index (χ0) is 21.1. The van der Waals surface area contributed by atoms with Crippen molar-refractivity contribution in [3.63, 3.8) is 0 Å². The summed E-state index contributed by atoms with van der Waals surface area (Å²) in [6, 6.07) is 21.2. The van der Waals surface area contributed by atoms with Crippen LogP contribution in [0.4, 0.5) is 13.2 Å². The average Bonchev–Trinajstić information content (AvgIpc) is 2.72. The zero-order valence-corrected chi connectivity index (χ0v) is 16.0. The minimum absolute atomic E-state index is 0.0426. The first-order chi connectivity index (χ1) is 13.7. The molecule has 0 spiro atoms. The summed E-state index contributed by atoms with van der Waals surface area (Å²) in [4.78, 5) is 8.46. The molecule has 1 atom stereocenters. The molecule has 0 saturated carbocycles. The number of hydrogen-bond acceptors (Lipinski definition) is 3. The Balaban J connectivity index is 2.18. The van der Waals surface area contributed by atoms with Gasteiger partial charge in [0, 0.05) is 17.3 Å². The van der Waals surface area contributed by atoms with Gasteiger partial charge in [-0.15, -0.1) is 0 Å². The smallest absolute Gasteiger partial charge is 0.256 e. The van der Waals surface area contributed by atoms with Gasteiger partial charge in [0.05, 0.1) is 22.4 Å². The molecule has 0 radical (unpaired) electrons. The number of aromatic nitrogens is 1. The molecule has 0 N–H and O–H groups in total. The quantitative estimate of drug-likeness (QED) is 0.490. The zero-order valence-electron chi connectivity index (χ0n) is 15.3. The highest BCUT2D eigenvalue weighted by Crippen LogP contribution is 2.35. The lowest BCUT2D eigenvalue weighted by atomic mass is 9.96. The first kappa shape index (κ1) is 20.6. The summed E-state index contributed by atoms with van der Waals surface area (Å²) in [5.74, 6) is 0. The Morgan fingerprint density at radius 2 is 1.52 bits per heavy atom. The second-order valence-electron chi connectivity index (χ2n) is 6.43. The molecule has 7 heteroatoms. The molecule has 1 unspecified atom stereocenters. The van der Waals surface area contributed by atoms with Crippen molar-refractivity contribution >= 4 is 17.3 Å². The van der Waals surface area contributed by atoms with Gasteiger partial charge in [0.15, 0.2) is 5.54 Å². The van der Waals surface area contributed by atoms with Crippen molar-refractivity contribution in [2.75, 3.05) is 0 Å². The number of benzene rings is 2. The van der Waals surface area contributed by atoms with Crippen molar-refractivity contribution in [2.45, 2.75) is 18.6 Å². The second kappa shape index (κ2) is 8.06. The summed E-state index contributed by atoms with van der Waals surface area (Å²) in [5.41, 5.74) is -0.609. The van der Waals surface area contributed by atoms with Crippen molar-refractivity contribution in [1.29, 1.82) is 5.26 Å². The van der Waals surface area contributed by atoms with Gasteiger partial charge in [-0.2, -0.15) is 18.4 Å². The van der Waals surface area contributed by atoms with E-state index in [-0.39, 0.29) is 10.7 Å². The van der Waals surface area contributed by atoms with Crippen LogP contribution in [0.5, 0.6) is 0 Å². The normalized spacial score (nSPS) is 13.2. The van der Waals surface area contributed by atoms with Gasteiger partial charge >= 0.3 is 6.18 Å². The fraction of sp³-hybridized carbons (Fsp3) is 0.136. The van der Waals surface area contributed by atoms with E-state index in [2.05, 4.69) is 9.98 Å². The van der Waals surface area contributed by atoms with Gasteiger partial charge in [-0.3, -0.25) is 9.98 Å². The Hall–Kier alpha value is -3.17. The largest absolute Gasteiger partial charge is 0.417 e. The highest BCUT2D eigenvalue weighted by Gasteiger charge is 2.35. The van der Waals surface area contributed by atoms with E-state index in [1.54, 1.807) is 0 Å².